The summed E-state index contributed by atoms with van der Waals surface area (Å²) in [4.78, 5) is 50.4. The lowest BCUT2D eigenvalue weighted by atomic mass is 10.0. The predicted octanol–water partition coefficient (Wildman–Crippen LogP) is 2.68. The topological polar surface area (TPSA) is 95.6 Å². The van der Waals surface area contributed by atoms with Gasteiger partial charge in [0.15, 0.2) is 0 Å². The maximum Gasteiger partial charge on any atom is 0.255 e. The van der Waals surface area contributed by atoms with Crippen molar-refractivity contribution in [3.05, 3.63) is 68.7 Å². The lowest BCUT2D eigenvalue weighted by Crippen LogP contribution is -2.52. The van der Waals surface area contributed by atoms with Crippen molar-refractivity contribution in [1.29, 1.82) is 0 Å². The van der Waals surface area contributed by atoms with Crippen LogP contribution in [-0.4, -0.2) is 34.6 Å². The fourth-order valence-electron chi connectivity index (χ4n) is 3.76. The molecule has 7 nitrogen and oxygen atoms in total. The molecule has 4 rings (SSSR count). The van der Waals surface area contributed by atoms with Gasteiger partial charge in [0.1, 0.15) is 6.04 Å². The fourth-order valence-corrected chi connectivity index (χ4v) is 4.25. The van der Waals surface area contributed by atoms with E-state index in [1.54, 1.807) is 24.3 Å². The van der Waals surface area contributed by atoms with Crippen molar-refractivity contribution in [2.45, 2.75) is 32.0 Å². The van der Waals surface area contributed by atoms with E-state index in [1.165, 1.54) is 11.0 Å². The van der Waals surface area contributed by atoms with Crippen molar-refractivity contribution in [3.63, 3.8) is 0 Å². The number of halogens is 2. The van der Waals surface area contributed by atoms with E-state index in [9.17, 15) is 19.2 Å². The molecular weight excluding hydrogens is 429 g/mol. The molecule has 0 aromatic heterocycles. The number of carbonyl (C=O) groups excluding carboxylic acids is 4. The Morgan fingerprint density at radius 3 is 2.70 bits per heavy atom. The van der Waals surface area contributed by atoms with E-state index in [2.05, 4.69) is 10.6 Å². The molecule has 9 heteroatoms. The standard InChI is InChI=1S/C21H17Cl2N3O4/c22-12-4-5-14(16(23)8-12)19(28)24-9-11-2-1-3-13-15(11)10-26(21(13)30)17-6-7-18(27)25-20(17)29/h1-5,8,17H,6-7,9-10H2,(H,24,28)(H,25,27,29). The van der Waals surface area contributed by atoms with Crippen LogP contribution in [0.25, 0.3) is 0 Å². The minimum atomic E-state index is -0.682. The molecule has 0 spiro atoms. The Bertz CT molecular complexity index is 1090. The Morgan fingerprint density at radius 2 is 1.97 bits per heavy atom. The van der Waals surface area contributed by atoms with E-state index in [0.29, 0.717) is 22.6 Å². The first-order chi connectivity index (χ1) is 14.3. The summed E-state index contributed by atoms with van der Waals surface area (Å²) in [5.41, 5.74) is 2.33. The lowest BCUT2D eigenvalue weighted by molar-refractivity contribution is -0.136. The number of carbonyl (C=O) groups is 4. The molecule has 30 heavy (non-hydrogen) atoms. The Balaban J connectivity index is 1.51. The molecule has 154 valence electrons. The first-order valence-electron chi connectivity index (χ1n) is 9.34. The van der Waals surface area contributed by atoms with E-state index in [1.807, 2.05) is 6.07 Å². The van der Waals surface area contributed by atoms with Crippen molar-refractivity contribution >= 4 is 46.8 Å². The van der Waals surface area contributed by atoms with Gasteiger partial charge in [-0.25, -0.2) is 0 Å². The van der Waals surface area contributed by atoms with Gasteiger partial charge in [-0.1, -0.05) is 35.3 Å². The maximum absolute atomic E-state index is 12.9. The van der Waals surface area contributed by atoms with Crippen molar-refractivity contribution in [2.75, 3.05) is 0 Å². The van der Waals surface area contributed by atoms with E-state index in [0.717, 1.165) is 11.1 Å². The van der Waals surface area contributed by atoms with Crippen LogP contribution in [0.15, 0.2) is 36.4 Å². The van der Waals surface area contributed by atoms with Gasteiger partial charge in [0.05, 0.1) is 10.6 Å². The summed E-state index contributed by atoms with van der Waals surface area (Å²) in [5.74, 6) is -1.40. The van der Waals surface area contributed by atoms with Crippen LogP contribution in [0.4, 0.5) is 0 Å². The van der Waals surface area contributed by atoms with Gasteiger partial charge in [-0.15, -0.1) is 0 Å². The number of nitrogens with zero attached hydrogens (tertiary/aromatic N) is 1. The van der Waals surface area contributed by atoms with Crippen LogP contribution in [0.5, 0.6) is 0 Å². The van der Waals surface area contributed by atoms with Crippen molar-refractivity contribution in [1.82, 2.24) is 15.5 Å². The predicted molar refractivity (Wildman–Crippen MR) is 110 cm³/mol. The zero-order chi connectivity index (χ0) is 21.4. The SMILES string of the molecule is O=C1CCC(N2Cc3c(CNC(=O)c4ccc(Cl)cc4Cl)cccc3C2=O)C(=O)N1. The van der Waals surface area contributed by atoms with E-state index in [4.69, 9.17) is 23.2 Å². The smallest absolute Gasteiger partial charge is 0.255 e. The first kappa shape index (κ1) is 20.4. The minimum absolute atomic E-state index is 0.192. The molecule has 2 N–H and O–H groups in total. The average molecular weight is 446 g/mol. The summed E-state index contributed by atoms with van der Waals surface area (Å²) >= 11 is 12.0. The Labute approximate surface area is 182 Å². The minimum Gasteiger partial charge on any atom is -0.348 e. The van der Waals surface area contributed by atoms with Crippen molar-refractivity contribution < 1.29 is 19.2 Å². The van der Waals surface area contributed by atoms with Crippen LogP contribution in [0.2, 0.25) is 10.0 Å². The van der Waals surface area contributed by atoms with Crippen LogP contribution in [-0.2, 0) is 22.7 Å². The molecule has 0 radical (unpaired) electrons. The number of benzene rings is 2. The number of fused-ring (bicyclic) bond motifs is 1. The highest BCUT2D eigenvalue weighted by atomic mass is 35.5. The van der Waals surface area contributed by atoms with Crippen LogP contribution in [0.1, 0.15) is 44.7 Å². The summed E-state index contributed by atoms with van der Waals surface area (Å²) in [5, 5.41) is 5.78. The third kappa shape index (κ3) is 3.78. The molecule has 2 heterocycles. The molecule has 2 aliphatic rings. The van der Waals surface area contributed by atoms with Gasteiger partial charge in [-0.3, -0.25) is 24.5 Å². The second-order valence-electron chi connectivity index (χ2n) is 7.15. The zero-order valence-corrected chi connectivity index (χ0v) is 17.2. The molecule has 0 bridgehead atoms. The summed E-state index contributed by atoms with van der Waals surface area (Å²) in [6, 6.07) is 9.20. The molecule has 2 aromatic carbocycles. The fraction of sp³-hybridized carbons (Fsp3) is 0.238. The maximum atomic E-state index is 12.9. The van der Waals surface area contributed by atoms with Crippen LogP contribution >= 0.6 is 23.2 Å². The van der Waals surface area contributed by atoms with Crippen LogP contribution in [0.3, 0.4) is 0 Å². The van der Waals surface area contributed by atoms with Gasteiger partial charge in [-0.05, 0) is 41.8 Å². The van der Waals surface area contributed by atoms with E-state index >= 15 is 0 Å². The van der Waals surface area contributed by atoms with Gasteiger partial charge < -0.3 is 10.2 Å². The third-order valence-electron chi connectivity index (χ3n) is 5.29. The van der Waals surface area contributed by atoms with Gasteiger partial charge in [0, 0.05) is 30.1 Å². The number of hydrogen-bond acceptors (Lipinski definition) is 4. The quantitative estimate of drug-likeness (QED) is 0.707. The molecule has 4 amide bonds. The van der Waals surface area contributed by atoms with Crippen molar-refractivity contribution in [2.24, 2.45) is 0 Å². The second kappa shape index (κ2) is 8.08. The van der Waals surface area contributed by atoms with Crippen LogP contribution in [0, 0.1) is 0 Å². The Kier molecular flexibility index (Phi) is 5.49. The molecule has 1 unspecified atom stereocenters. The molecule has 2 aliphatic heterocycles. The molecule has 1 fully saturated rings. The molecular formula is C21H17Cl2N3O4. The normalized spacial score (nSPS) is 18.3. The van der Waals surface area contributed by atoms with E-state index < -0.39 is 11.9 Å². The summed E-state index contributed by atoms with van der Waals surface area (Å²) in [7, 11) is 0. The highest BCUT2D eigenvalue weighted by Gasteiger charge is 2.39. The molecule has 1 saturated heterocycles. The highest BCUT2D eigenvalue weighted by molar-refractivity contribution is 6.36. The number of nitrogens with one attached hydrogen (secondary N) is 2. The molecule has 0 aliphatic carbocycles. The number of rotatable bonds is 4. The summed E-state index contributed by atoms with van der Waals surface area (Å²) in [6.07, 6.45) is 0.493. The van der Waals surface area contributed by atoms with Gasteiger partial charge >= 0.3 is 0 Å². The number of hydrogen-bond donors (Lipinski definition) is 2. The Morgan fingerprint density at radius 1 is 1.17 bits per heavy atom. The van der Waals surface area contributed by atoms with Crippen molar-refractivity contribution in [3.8, 4) is 0 Å². The number of amides is 4. The average Bonchev–Trinajstić information content (AvgIpc) is 3.03. The molecule has 0 saturated carbocycles. The molecule has 2 aromatic rings. The summed E-state index contributed by atoms with van der Waals surface area (Å²) in [6.45, 7) is 0.436. The third-order valence-corrected chi connectivity index (χ3v) is 5.84. The second-order valence-corrected chi connectivity index (χ2v) is 7.99. The lowest BCUT2D eigenvalue weighted by Gasteiger charge is -2.29. The van der Waals surface area contributed by atoms with E-state index in [-0.39, 0.29) is 42.3 Å². The largest absolute Gasteiger partial charge is 0.348 e. The highest BCUT2D eigenvalue weighted by Crippen LogP contribution is 2.30. The molecule has 1 atom stereocenters. The van der Waals surface area contributed by atoms with Gasteiger partial charge in [0.25, 0.3) is 11.8 Å². The van der Waals surface area contributed by atoms with Gasteiger partial charge in [-0.2, -0.15) is 0 Å². The summed E-state index contributed by atoms with van der Waals surface area (Å²) < 4.78 is 0. The Hall–Kier alpha value is -2.90. The van der Waals surface area contributed by atoms with Gasteiger partial charge in [0.2, 0.25) is 11.8 Å². The number of piperidine rings is 1. The number of imide groups is 1. The monoisotopic (exact) mass is 445 g/mol. The van der Waals surface area contributed by atoms with Crippen LogP contribution < -0.4 is 10.6 Å². The zero-order valence-electron chi connectivity index (χ0n) is 15.7. The first-order valence-corrected chi connectivity index (χ1v) is 10.1.